The number of ether oxygens (including phenoxy) is 1. The van der Waals surface area contributed by atoms with E-state index in [0.29, 0.717) is 12.5 Å². The molecule has 1 rings (SSSR count). The molecule has 0 amide bonds. The summed E-state index contributed by atoms with van der Waals surface area (Å²) >= 11 is 0. The fourth-order valence-electron chi connectivity index (χ4n) is 2.12. The lowest BCUT2D eigenvalue weighted by Gasteiger charge is -2.26. The normalized spacial score (nSPS) is 14.4. The van der Waals surface area contributed by atoms with Crippen LogP contribution in [-0.4, -0.2) is 20.3 Å². The highest BCUT2D eigenvalue weighted by atomic mass is 19.1. The molecule has 18 heavy (non-hydrogen) atoms. The number of rotatable bonds is 8. The van der Waals surface area contributed by atoms with Crippen LogP contribution in [0.1, 0.15) is 38.3 Å². The predicted molar refractivity (Wildman–Crippen MR) is 73.1 cm³/mol. The molecule has 0 spiro atoms. The molecule has 1 N–H and O–H groups in total. The van der Waals surface area contributed by atoms with Crippen LogP contribution < -0.4 is 5.32 Å². The second-order valence-corrected chi connectivity index (χ2v) is 4.71. The SMILES string of the molecule is CCCNC(c1ccccc1F)C(C)CCOC. The Balaban J connectivity index is 2.80. The molecule has 0 aliphatic rings. The monoisotopic (exact) mass is 253 g/mol. The van der Waals surface area contributed by atoms with Crippen molar-refractivity contribution in [3.8, 4) is 0 Å². The molecule has 0 saturated heterocycles. The van der Waals surface area contributed by atoms with Crippen molar-refractivity contribution in [3.63, 3.8) is 0 Å². The molecule has 2 atom stereocenters. The van der Waals surface area contributed by atoms with Gasteiger partial charge in [-0.05, 0) is 31.4 Å². The zero-order chi connectivity index (χ0) is 13.4. The van der Waals surface area contributed by atoms with E-state index in [1.54, 1.807) is 13.2 Å². The zero-order valence-electron chi connectivity index (χ0n) is 11.6. The minimum atomic E-state index is -0.129. The van der Waals surface area contributed by atoms with Crippen LogP contribution in [0.15, 0.2) is 24.3 Å². The van der Waals surface area contributed by atoms with E-state index in [0.717, 1.165) is 24.9 Å². The third kappa shape index (κ3) is 4.39. The number of halogens is 1. The molecular weight excluding hydrogens is 229 g/mol. The van der Waals surface area contributed by atoms with Crippen molar-refractivity contribution in [3.05, 3.63) is 35.6 Å². The fraction of sp³-hybridized carbons (Fsp3) is 0.600. The minimum absolute atomic E-state index is 0.0568. The topological polar surface area (TPSA) is 21.3 Å². The summed E-state index contributed by atoms with van der Waals surface area (Å²) in [5.41, 5.74) is 0.759. The maximum absolute atomic E-state index is 13.9. The third-order valence-electron chi connectivity index (χ3n) is 3.20. The molecule has 0 aliphatic carbocycles. The van der Waals surface area contributed by atoms with Crippen LogP contribution in [-0.2, 0) is 4.74 Å². The van der Waals surface area contributed by atoms with Gasteiger partial charge in [0.2, 0.25) is 0 Å². The van der Waals surface area contributed by atoms with Gasteiger partial charge in [0.15, 0.2) is 0 Å². The summed E-state index contributed by atoms with van der Waals surface area (Å²) in [5, 5.41) is 3.44. The second kappa shape index (κ2) is 8.22. The highest BCUT2D eigenvalue weighted by molar-refractivity contribution is 5.21. The Kier molecular flexibility index (Phi) is 6.91. The van der Waals surface area contributed by atoms with Crippen LogP contribution in [0.4, 0.5) is 4.39 Å². The fourth-order valence-corrected chi connectivity index (χ4v) is 2.12. The summed E-state index contributed by atoms with van der Waals surface area (Å²) in [6.45, 7) is 5.86. The van der Waals surface area contributed by atoms with E-state index in [9.17, 15) is 4.39 Å². The Hall–Kier alpha value is -0.930. The smallest absolute Gasteiger partial charge is 0.127 e. The molecule has 2 nitrogen and oxygen atoms in total. The predicted octanol–water partition coefficient (Wildman–Crippen LogP) is 3.54. The summed E-state index contributed by atoms with van der Waals surface area (Å²) in [5.74, 6) is 0.212. The highest BCUT2D eigenvalue weighted by Crippen LogP contribution is 2.26. The van der Waals surface area contributed by atoms with E-state index in [2.05, 4.69) is 19.2 Å². The first-order valence-electron chi connectivity index (χ1n) is 6.67. The molecule has 0 aromatic heterocycles. The standard InChI is InChI=1S/C15H24FNO/c1-4-10-17-15(12(2)9-11-18-3)13-7-5-6-8-14(13)16/h5-8,12,15,17H,4,9-11H2,1-3H3. The van der Waals surface area contributed by atoms with Gasteiger partial charge in [-0.3, -0.25) is 0 Å². The summed E-state index contributed by atoms with van der Waals surface area (Å²) in [6, 6.07) is 7.07. The van der Waals surface area contributed by atoms with E-state index in [4.69, 9.17) is 4.74 Å². The maximum atomic E-state index is 13.9. The first kappa shape index (κ1) is 15.1. The average Bonchev–Trinajstić information content (AvgIpc) is 2.38. The van der Waals surface area contributed by atoms with Crippen molar-refractivity contribution in [2.75, 3.05) is 20.3 Å². The van der Waals surface area contributed by atoms with Crippen molar-refractivity contribution in [1.82, 2.24) is 5.32 Å². The molecule has 2 unspecified atom stereocenters. The van der Waals surface area contributed by atoms with Crippen molar-refractivity contribution < 1.29 is 9.13 Å². The first-order valence-corrected chi connectivity index (χ1v) is 6.67. The van der Waals surface area contributed by atoms with E-state index in [-0.39, 0.29) is 11.9 Å². The van der Waals surface area contributed by atoms with Gasteiger partial charge in [-0.2, -0.15) is 0 Å². The van der Waals surface area contributed by atoms with E-state index >= 15 is 0 Å². The van der Waals surface area contributed by atoms with Crippen molar-refractivity contribution in [2.45, 2.75) is 32.7 Å². The van der Waals surface area contributed by atoms with Crippen molar-refractivity contribution in [1.29, 1.82) is 0 Å². The Morgan fingerprint density at radius 3 is 2.67 bits per heavy atom. The highest BCUT2D eigenvalue weighted by Gasteiger charge is 2.21. The number of hydrogen-bond acceptors (Lipinski definition) is 2. The quantitative estimate of drug-likeness (QED) is 0.765. The van der Waals surface area contributed by atoms with Crippen molar-refractivity contribution >= 4 is 0 Å². The molecule has 0 heterocycles. The van der Waals surface area contributed by atoms with Gasteiger partial charge in [-0.15, -0.1) is 0 Å². The van der Waals surface area contributed by atoms with Gasteiger partial charge in [0, 0.05) is 25.3 Å². The van der Waals surface area contributed by atoms with Crippen LogP contribution >= 0.6 is 0 Å². The largest absolute Gasteiger partial charge is 0.385 e. The number of benzene rings is 1. The van der Waals surface area contributed by atoms with Crippen LogP contribution in [0.3, 0.4) is 0 Å². The Morgan fingerprint density at radius 2 is 2.06 bits per heavy atom. The molecule has 1 aromatic rings. The average molecular weight is 253 g/mol. The minimum Gasteiger partial charge on any atom is -0.385 e. The molecule has 1 aromatic carbocycles. The number of methoxy groups -OCH3 is 1. The van der Waals surface area contributed by atoms with Gasteiger partial charge < -0.3 is 10.1 Å². The van der Waals surface area contributed by atoms with Gasteiger partial charge in [0.1, 0.15) is 5.82 Å². The zero-order valence-corrected chi connectivity index (χ0v) is 11.6. The Labute approximate surface area is 110 Å². The van der Waals surface area contributed by atoms with Gasteiger partial charge in [0.25, 0.3) is 0 Å². The van der Waals surface area contributed by atoms with E-state index in [1.807, 2.05) is 12.1 Å². The van der Waals surface area contributed by atoms with Crippen LogP contribution in [0.5, 0.6) is 0 Å². The number of nitrogens with one attached hydrogen (secondary N) is 1. The summed E-state index contributed by atoms with van der Waals surface area (Å²) in [7, 11) is 1.70. The maximum Gasteiger partial charge on any atom is 0.127 e. The number of hydrogen-bond donors (Lipinski definition) is 1. The lowest BCUT2D eigenvalue weighted by molar-refractivity contribution is 0.169. The van der Waals surface area contributed by atoms with E-state index < -0.39 is 0 Å². The van der Waals surface area contributed by atoms with Gasteiger partial charge >= 0.3 is 0 Å². The summed E-state index contributed by atoms with van der Waals surface area (Å²) in [4.78, 5) is 0. The van der Waals surface area contributed by atoms with Gasteiger partial charge in [0.05, 0.1) is 0 Å². The lowest BCUT2D eigenvalue weighted by atomic mass is 9.91. The molecule has 0 aliphatic heterocycles. The summed E-state index contributed by atoms with van der Waals surface area (Å²) in [6.07, 6.45) is 1.97. The summed E-state index contributed by atoms with van der Waals surface area (Å²) < 4.78 is 19.0. The molecule has 0 saturated carbocycles. The molecular formula is C15H24FNO. The Morgan fingerprint density at radius 1 is 1.33 bits per heavy atom. The molecule has 0 bridgehead atoms. The van der Waals surface area contributed by atoms with Crippen molar-refractivity contribution in [2.24, 2.45) is 5.92 Å². The molecule has 0 radical (unpaired) electrons. The lowest BCUT2D eigenvalue weighted by Crippen LogP contribution is -2.29. The van der Waals surface area contributed by atoms with Crippen LogP contribution in [0.2, 0.25) is 0 Å². The molecule has 3 heteroatoms. The third-order valence-corrected chi connectivity index (χ3v) is 3.20. The van der Waals surface area contributed by atoms with Gasteiger partial charge in [-0.25, -0.2) is 4.39 Å². The van der Waals surface area contributed by atoms with Crippen LogP contribution in [0.25, 0.3) is 0 Å². The second-order valence-electron chi connectivity index (χ2n) is 4.71. The van der Waals surface area contributed by atoms with E-state index in [1.165, 1.54) is 6.07 Å². The van der Waals surface area contributed by atoms with Crippen LogP contribution in [0, 0.1) is 11.7 Å². The first-order chi connectivity index (χ1) is 8.70. The van der Waals surface area contributed by atoms with Gasteiger partial charge in [-0.1, -0.05) is 32.0 Å². The Bertz CT molecular complexity index is 343. The molecule has 0 fully saturated rings. The molecule has 102 valence electrons.